The van der Waals surface area contributed by atoms with Crippen LogP contribution in [0.2, 0.25) is 0 Å². The Morgan fingerprint density at radius 3 is 2.53 bits per heavy atom. The summed E-state index contributed by atoms with van der Waals surface area (Å²) in [5.41, 5.74) is 1.73. The molecule has 5 aromatic rings. The highest BCUT2D eigenvalue weighted by molar-refractivity contribution is 6.04. The molecule has 14 nitrogen and oxygen atoms in total. The van der Waals surface area contributed by atoms with Crippen molar-refractivity contribution in [1.82, 2.24) is 34.1 Å². The van der Waals surface area contributed by atoms with E-state index in [1.54, 1.807) is 36.9 Å². The monoisotopic (exact) mass is 787 g/mol. The van der Waals surface area contributed by atoms with E-state index in [1.165, 1.54) is 10.6 Å². The maximum Gasteiger partial charge on any atom is 0.433 e. The Bertz CT molecular complexity index is 2410. The van der Waals surface area contributed by atoms with Gasteiger partial charge in [0.15, 0.2) is 0 Å². The van der Waals surface area contributed by atoms with Crippen molar-refractivity contribution >= 4 is 51.0 Å². The van der Waals surface area contributed by atoms with Gasteiger partial charge in [-0.05, 0) is 87.5 Å². The van der Waals surface area contributed by atoms with Gasteiger partial charge >= 0.3 is 11.9 Å². The average molecular weight is 788 g/mol. The number of nitrogens with one attached hydrogen (secondary N) is 2. The first kappa shape index (κ1) is 38.3. The van der Waals surface area contributed by atoms with Crippen LogP contribution in [0.3, 0.4) is 0 Å². The number of methoxy groups -OCH3 is 1. The number of carbonyl (C=O) groups is 3. The van der Waals surface area contributed by atoms with Crippen molar-refractivity contribution < 1.29 is 32.3 Å². The molecule has 3 amide bonds. The van der Waals surface area contributed by atoms with Gasteiger partial charge in [-0.3, -0.25) is 38.4 Å². The van der Waals surface area contributed by atoms with E-state index in [0.29, 0.717) is 30.2 Å². The standard InChI is InChI=1S/C40H44F3N9O5/c1-48(32-21-50(22-33(32)57-3)29-7-5-8-30-36(29)49(2)39(56)52(30)31-16-17-35(53)46-38(31)55)19-23-10-13-26(14-11-23)51-20-24-18-25(12-15-27(24)47-51)44-37(54)28-6-4-9-34(45-28)40(41,42)43/h4-9,12,15,18,20,23,26,31-33H,10-11,13-14,16-17,19,21-22H2,1-3H3,(H,44,54)(H,46,53,55)/t23-,26-,31?,32-,33+/m0/s1. The van der Waals surface area contributed by atoms with Gasteiger partial charge in [0.1, 0.15) is 17.4 Å². The Kier molecular flexibility index (Phi) is 10.1. The first-order chi connectivity index (χ1) is 27.3. The highest BCUT2D eigenvalue weighted by Gasteiger charge is 2.39. The number of ether oxygens (including phenoxy) is 1. The van der Waals surface area contributed by atoms with Crippen LogP contribution in [0, 0.1) is 5.92 Å². The molecule has 2 N–H and O–H groups in total. The summed E-state index contributed by atoms with van der Waals surface area (Å²) in [5, 5.41) is 10.6. The third-order valence-electron chi connectivity index (χ3n) is 11.8. The molecule has 2 aromatic carbocycles. The molecule has 3 aromatic heterocycles. The second kappa shape index (κ2) is 15.1. The fourth-order valence-corrected chi connectivity index (χ4v) is 8.87. The first-order valence-corrected chi connectivity index (χ1v) is 19.1. The number of alkyl halides is 3. The number of amides is 3. The molecule has 1 unspecified atom stereocenters. The van der Waals surface area contributed by atoms with E-state index in [1.807, 2.05) is 29.1 Å². The average Bonchev–Trinajstić information content (AvgIpc) is 3.89. The van der Waals surface area contributed by atoms with Gasteiger partial charge in [0.2, 0.25) is 11.8 Å². The number of halogens is 3. The van der Waals surface area contributed by atoms with E-state index < -0.39 is 29.7 Å². The van der Waals surface area contributed by atoms with Crippen LogP contribution in [0.1, 0.15) is 66.8 Å². The van der Waals surface area contributed by atoms with Crippen LogP contribution in [-0.4, -0.2) is 92.5 Å². The number of para-hydroxylation sites is 1. The number of benzene rings is 2. The van der Waals surface area contributed by atoms with E-state index in [-0.39, 0.29) is 48.3 Å². The van der Waals surface area contributed by atoms with Crippen molar-refractivity contribution in [2.45, 2.75) is 68.9 Å². The molecule has 1 saturated carbocycles. The highest BCUT2D eigenvalue weighted by atomic mass is 19.4. The lowest BCUT2D eigenvalue weighted by atomic mass is 9.85. The Morgan fingerprint density at radius 2 is 1.79 bits per heavy atom. The number of anilines is 2. The number of imide groups is 1. The molecular weight excluding hydrogens is 743 g/mol. The van der Waals surface area contributed by atoms with Gasteiger partial charge in [0.25, 0.3) is 5.91 Å². The number of hydrogen-bond donors (Lipinski definition) is 2. The number of piperidine rings is 1. The Labute approximate surface area is 325 Å². The van der Waals surface area contributed by atoms with E-state index >= 15 is 0 Å². The van der Waals surface area contributed by atoms with Crippen molar-refractivity contribution in [2.24, 2.45) is 13.0 Å². The minimum atomic E-state index is -4.65. The van der Waals surface area contributed by atoms with Gasteiger partial charge in [-0.15, -0.1) is 0 Å². The van der Waals surface area contributed by atoms with Crippen LogP contribution in [0.4, 0.5) is 24.5 Å². The summed E-state index contributed by atoms with van der Waals surface area (Å²) in [6, 6.07) is 13.8. The fourth-order valence-electron chi connectivity index (χ4n) is 8.87. The predicted molar refractivity (Wildman–Crippen MR) is 206 cm³/mol. The normalized spacial score (nSPS) is 23.1. The van der Waals surface area contributed by atoms with Crippen molar-refractivity contribution in [2.75, 3.05) is 44.0 Å². The minimum absolute atomic E-state index is 0.0664. The number of aromatic nitrogens is 5. The molecule has 5 heterocycles. The van der Waals surface area contributed by atoms with Crippen LogP contribution in [0.5, 0.6) is 0 Å². The number of pyridine rings is 1. The molecule has 3 fully saturated rings. The first-order valence-electron chi connectivity index (χ1n) is 19.1. The largest absolute Gasteiger partial charge is 0.433 e. The molecule has 0 radical (unpaired) electrons. The molecule has 17 heteroatoms. The van der Waals surface area contributed by atoms with Gasteiger partial charge in [0.05, 0.1) is 40.4 Å². The third kappa shape index (κ3) is 7.41. The molecule has 57 heavy (non-hydrogen) atoms. The van der Waals surface area contributed by atoms with Crippen LogP contribution in [-0.2, 0) is 27.5 Å². The minimum Gasteiger partial charge on any atom is -0.378 e. The number of rotatable bonds is 9. The van der Waals surface area contributed by atoms with Crippen LogP contribution < -0.4 is 21.2 Å². The summed E-state index contributed by atoms with van der Waals surface area (Å²) in [6.45, 7) is 2.22. The topological polar surface area (TPSA) is 149 Å². The summed E-state index contributed by atoms with van der Waals surface area (Å²) < 4.78 is 50.4. The van der Waals surface area contributed by atoms with Crippen molar-refractivity contribution in [1.29, 1.82) is 0 Å². The molecular formula is C40H44F3N9O5. The van der Waals surface area contributed by atoms with E-state index in [4.69, 9.17) is 9.84 Å². The summed E-state index contributed by atoms with van der Waals surface area (Å²) in [7, 11) is 5.59. The SMILES string of the molecule is CO[C@@H]1CN(c2cccc3c2n(C)c(=O)n3C2CCC(=O)NC2=O)C[C@@H]1N(C)C[C@H]1CC[C@H](n2cc3cc(NC(=O)c4cccc(C(F)(F)F)n4)ccc3n2)CC1. The molecule has 8 rings (SSSR count). The van der Waals surface area contributed by atoms with Crippen LogP contribution in [0.25, 0.3) is 21.9 Å². The van der Waals surface area contributed by atoms with E-state index in [9.17, 15) is 32.3 Å². The predicted octanol–water partition coefficient (Wildman–Crippen LogP) is 4.90. The maximum absolute atomic E-state index is 13.5. The van der Waals surface area contributed by atoms with E-state index in [2.05, 4.69) is 32.5 Å². The number of carbonyl (C=O) groups excluding carboxylic acids is 3. The van der Waals surface area contributed by atoms with Crippen molar-refractivity contribution in [3.8, 4) is 0 Å². The van der Waals surface area contributed by atoms with Crippen LogP contribution >= 0.6 is 0 Å². The number of likely N-dealkylation sites (N-methyl/N-ethyl adjacent to an activating group) is 1. The number of hydrogen-bond acceptors (Lipinski definition) is 9. The number of fused-ring (bicyclic) bond motifs is 2. The summed E-state index contributed by atoms with van der Waals surface area (Å²) in [4.78, 5) is 59.0. The Hall–Kier alpha value is -5.55. The molecule has 3 atom stereocenters. The van der Waals surface area contributed by atoms with Crippen LogP contribution in [0.15, 0.2) is 65.6 Å². The number of imidazole rings is 1. The maximum atomic E-state index is 13.5. The zero-order valence-corrected chi connectivity index (χ0v) is 31.8. The molecule has 3 aliphatic rings. The quantitative estimate of drug-likeness (QED) is 0.199. The second-order valence-electron chi connectivity index (χ2n) is 15.4. The smallest absolute Gasteiger partial charge is 0.378 e. The zero-order valence-electron chi connectivity index (χ0n) is 31.8. The molecule has 0 spiro atoms. The van der Waals surface area contributed by atoms with Crippen molar-refractivity contribution in [3.05, 3.63) is 82.7 Å². The Balaban J connectivity index is 0.897. The summed E-state index contributed by atoms with van der Waals surface area (Å²) in [5.74, 6) is -1.05. The van der Waals surface area contributed by atoms with Gasteiger partial charge < -0.3 is 15.0 Å². The molecule has 300 valence electrons. The number of nitrogens with zero attached hydrogens (tertiary/aromatic N) is 7. The highest BCUT2D eigenvalue weighted by Crippen LogP contribution is 2.36. The molecule has 0 bridgehead atoms. The second-order valence-corrected chi connectivity index (χ2v) is 15.4. The lowest BCUT2D eigenvalue weighted by Crippen LogP contribution is -2.44. The Morgan fingerprint density at radius 1 is 1.02 bits per heavy atom. The number of aryl methyl sites for hydroxylation is 1. The summed E-state index contributed by atoms with van der Waals surface area (Å²) >= 11 is 0. The molecule has 2 aliphatic heterocycles. The molecule has 1 aliphatic carbocycles. The van der Waals surface area contributed by atoms with Gasteiger partial charge in [-0.25, -0.2) is 9.78 Å². The molecule has 2 saturated heterocycles. The fraction of sp³-hybridized carbons (Fsp3) is 0.450. The van der Waals surface area contributed by atoms with Gasteiger partial charge in [-0.2, -0.15) is 18.3 Å². The summed E-state index contributed by atoms with van der Waals surface area (Å²) in [6.07, 6.45) is 1.61. The third-order valence-corrected chi connectivity index (χ3v) is 11.8. The lowest BCUT2D eigenvalue weighted by Gasteiger charge is -2.35. The van der Waals surface area contributed by atoms with Crippen molar-refractivity contribution in [3.63, 3.8) is 0 Å². The van der Waals surface area contributed by atoms with E-state index in [0.717, 1.165) is 66.5 Å². The van der Waals surface area contributed by atoms with Gasteiger partial charge in [0, 0.05) is 57.5 Å². The lowest BCUT2D eigenvalue weighted by molar-refractivity contribution is -0.141. The van der Waals surface area contributed by atoms with Gasteiger partial charge in [-0.1, -0.05) is 12.1 Å². The zero-order chi connectivity index (χ0) is 40.2.